The smallest absolute Gasteiger partial charge is 0.271 e. The van der Waals surface area contributed by atoms with Crippen molar-refractivity contribution >= 4 is 23.0 Å². The maximum absolute atomic E-state index is 10.7. The second-order valence-corrected chi connectivity index (χ2v) is 5.10. The Hall–Kier alpha value is -1.33. The Balaban J connectivity index is 2.12. The molecule has 0 aromatic heterocycles. The van der Waals surface area contributed by atoms with E-state index >= 15 is 0 Å². The Morgan fingerprint density at radius 2 is 2.22 bits per heavy atom. The van der Waals surface area contributed by atoms with Crippen LogP contribution in [0, 0.1) is 10.1 Å². The molecule has 1 aliphatic rings. The summed E-state index contributed by atoms with van der Waals surface area (Å²) in [6, 6.07) is 4.87. The highest BCUT2D eigenvalue weighted by atomic mass is 35.5. The van der Waals surface area contributed by atoms with E-state index in [-0.39, 0.29) is 17.8 Å². The van der Waals surface area contributed by atoms with E-state index in [1.54, 1.807) is 6.07 Å². The van der Waals surface area contributed by atoms with Crippen LogP contribution in [0.4, 0.5) is 11.4 Å². The summed E-state index contributed by atoms with van der Waals surface area (Å²) in [6.45, 7) is 0. The average molecular weight is 270 g/mol. The number of halogens is 1. The summed E-state index contributed by atoms with van der Waals surface area (Å²) in [5, 5.41) is 14.5. The molecule has 3 N–H and O–H groups in total. The monoisotopic (exact) mass is 269 g/mol. The molecule has 6 heteroatoms. The predicted molar refractivity (Wildman–Crippen MR) is 72.0 cm³/mol. The number of nitrogens with two attached hydrogens (primary N) is 1. The zero-order chi connectivity index (χ0) is 13.1. The molecule has 0 saturated heterocycles. The van der Waals surface area contributed by atoms with Crippen molar-refractivity contribution in [2.45, 2.75) is 37.8 Å². The van der Waals surface area contributed by atoms with Gasteiger partial charge in [-0.1, -0.05) is 11.6 Å². The van der Waals surface area contributed by atoms with E-state index in [1.165, 1.54) is 12.1 Å². The van der Waals surface area contributed by atoms with Gasteiger partial charge in [0.25, 0.3) is 5.69 Å². The van der Waals surface area contributed by atoms with Gasteiger partial charge in [0, 0.05) is 24.2 Å². The zero-order valence-electron chi connectivity index (χ0n) is 9.93. The first-order valence-corrected chi connectivity index (χ1v) is 6.40. The summed E-state index contributed by atoms with van der Waals surface area (Å²) in [5.41, 5.74) is 6.57. The van der Waals surface area contributed by atoms with Gasteiger partial charge in [-0.15, -0.1) is 0 Å². The molecule has 1 aromatic carbocycles. The molecule has 2 rings (SSSR count). The van der Waals surface area contributed by atoms with Crippen LogP contribution < -0.4 is 11.1 Å². The normalized spacial score (nSPS) is 23.7. The Morgan fingerprint density at radius 3 is 2.89 bits per heavy atom. The van der Waals surface area contributed by atoms with Crippen LogP contribution in [0.1, 0.15) is 25.7 Å². The van der Waals surface area contributed by atoms with Gasteiger partial charge in [-0.2, -0.15) is 0 Å². The maximum atomic E-state index is 10.7. The highest BCUT2D eigenvalue weighted by molar-refractivity contribution is 6.33. The van der Waals surface area contributed by atoms with Crippen LogP contribution in [0.2, 0.25) is 5.02 Å². The standard InChI is InChI=1S/C12H16ClN3O2/c13-11-5-4-10(16(17)18)7-12(11)15-9-3-1-2-8(14)6-9/h4-5,7-9,15H,1-3,6,14H2. The predicted octanol–water partition coefficient (Wildman–Crippen LogP) is 2.93. The maximum Gasteiger partial charge on any atom is 0.271 e. The van der Waals surface area contributed by atoms with Crippen molar-refractivity contribution in [1.82, 2.24) is 0 Å². The van der Waals surface area contributed by atoms with E-state index in [4.69, 9.17) is 17.3 Å². The van der Waals surface area contributed by atoms with Crippen molar-refractivity contribution in [2.24, 2.45) is 5.73 Å². The van der Waals surface area contributed by atoms with Crippen molar-refractivity contribution in [3.63, 3.8) is 0 Å². The Labute approximate surface area is 110 Å². The molecule has 98 valence electrons. The molecule has 1 saturated carbocycles. The molecule has 18 heavy (non-hydrogen) atoms. The van der Waals surface area contributed by atoms with E-state index in [9.17, 15) is 10.1 Å². The first-order valence-electron chi connectivity index (χ1n) is 6.02. The molecule has 2 unspecified atom stereocenters. The fraction of sp³-hybridized carbons (Fsp3) is 0.500. The molecule has 0 spiro atoms. The van der Waals surface area contributed by atoms with Gasteiger partial charge in [0.1, 0.15) is 0 Å². The molecule has 0 heterocycles. The highest BCUT2D eigenvalue weighted by Crippen LogP contribution is 2.29. The fourth-order valence-corrected chi connectivity index (χ4v) is 2.49. The summed E-state index contributed by atoms with van der Waals surface area (Å²) in [6.07, 6.45) is 4.01. The lowest BCUT2D eigenvalue weighted by atomic mass is 9.91. The topological polar surface area (TPSA) is 81.2 Å². The third-order valence-electron chi connectivity index (χ3n) is 3.24. The van der Waals surface area contributed by atoms with Gasteiger partial charge < -0.3 is 11.1 Å². The summed E-state index contributed by atoms with van der Waals surface area (Å²) in [7, 11) is 0. The molecule has 0 amide bonds. The van der Waals surface area contributed by atoms with Crippen molar-refractivity contribution < 1.29 is 4.92 Å². The van der Waals surface area contributed by atoms with Crippen LogP contribution in [0.15, 0.2) is 18.2 Å². The number of nitrogens with one attached hydrogen (secondary N) is 1. The van der Waals surface area contributed by atoms with Crippen LogP contribution >= 0.6 is 11.6 Å². The number of nitro groups is 1. The van der Waals surface area contributed by atoms with Gasteiger partial charge in [-0.3, -0.25) is 10.1 Å². The fourth-order valence-electron chi connectivity index (χ4n) is 2.32. The number of non-ortho nitro benzene ring substituents is 1. The first kappa shape index (κ1) is 13.1. The number of hydrogen-bond donors (Lipinski definition) is 2. The lowest BCUT2D eigenvalue weighted by Crippen LogP contribution is -2.34. The first-order chi connectivity index (χ1) is 8.56. The molecule has 1 aliphatic carbocycles. The summed E-state index contributed by atoms with van der Waals surface area (Å²) in [5.74, 6) is 0. The van der Waals surface area contributed by atoms with Gasteiger partial charge in [-0.05, 0) is 31.7 Å². The average Bonchev–Trinajstić information content (AvgIpc) is 2.31. The molecule has 2 atom stereocenters. The summed E-state index contributed by atoms with van der Waals surface area (Å²) < 4.78 is 0. The van der Waals surface area contributed by atoms with Gasteiger partial charge in [0.15, 0.2) is 0 Å². The number of nitrogens with zero attached hydrogens (tertiary/aromatic N) is 1. The van der Waals surface area contributed by atoms with E-state index < -0.39 is 4.92 Å². The molecule has 5 nitrogen and oxygen atoms in total. The van der Waals surface area contributed by atoms with Gasteiger partial charge in [0.05, 0.1) is 15.6 Å². The lowest BCUT2D eigenvalue weighted by Gasteiger charge is -2.28. The van der Waals surface area contributed by atoms with E-state index in [2.05, 4.69) is 5.32 Å². The Morgan fingerprint density at radius 1 is 1.44 bits per heavy atom. The van der Waals surface area contributed by atoms with Crippen molar-refractivity contribution in [3.05, 3.63) is 33.3 Å². The van der Waals surface area contributed by atoms with Crippen molar-refractivity contribution in [1.29, 1.82) is 0 Å². The number of nitro benzene ring substituents is 1. The minimum absolute atomic E-state index is 0.0435. The van der Waals surface area contributed by atoms with E-state index in [0.29, 0.717) is 10.7 Å². The van der Waals surface area contributed by atoms with E-state index in [1.807, 2.05) is 0 Å². The van der Waals surface area contributed by atoms with Crippen LogP contribution in [0.3, 0.4) is 0 Å². The second kappa shape index (κ2) is 5.54. The van der Waals surface area contributed by atoms with Crippen LogP contribution in [-0.4, -0.2) is 17.0 Å². The van der Waals surface area contributed by atoms with Crippen LogP contribution in [0.25, 0.3) is 0 Å². The third kappa shape index (κ3) is 3.11. The van der Waals surface area contributed by atoms with Gasteiger partial charge in [0.2, 0.25) is 0 Å². The summed E-state index contributed by atoms with van der Waals surface area (Å²) >= 11 is 6.04. The number of anilines is 1. The molecular weight excluding hydrogens is 254 g/mol. The molecular formula is C12H16ClN3O2. The number of rotatable bonds is 3. The lowest BCUT2D eigenvalue weighted by molar-refractivity contribution is -0.384. The SMILES string of the molecule is NC1CCCC(Nc2cc([N+](=O)[O-])ccc2Cl)C1. The summed E-state index contributed by atoms with van der Waals surface area (Å²) in [4.78, 5) is 10.3. The largest absolute Gasteiger partial charge is 0.381 e. The van der Waals surface area contributed by atoms with Crippen LogP contribution in [0.5, 0.6) is 0 Å². The number of hydrogen-bond acceptors (Lipinski definition) is 4. The van der Waals surface area contributed by atoms with Gasteiger partial charge in [-0.25, -0.2) is 0 Å². The number of benzene rings is 1. The van der Waals surface area contributed by atoms with Crippen molar-refractivity contribution in [3.8, 4) is 0 Å². The van der Waals surface area contributed by atoms with Crippen LogP contribution in [-0.2, 0) is 0 Å². The van der Waals surface area contributed by atoms with Crippen molar-refractivity contribution in [2.75, 3.05) is 5.32 Å². The highest BCUT2D eigenvalue weighted by Gasteiger charge is 2.20. The Bertz CT molecular complexity index is 453. The minimum Gasteiger partial charge on any atom is -0.381 e. The molecule has 0 radical (unpaired) electrons. The Kier molecular flexibility index (Phi) is 4.04. The quantitative estimate of drug-likeness (QED) is 0.653. The van der Waals surface area contributed by atoms with Gasteiger partial charge >= 0.3 is 0 Å². The molecule has 1 fully saturated rings. The third-order valence-corrected chi connectivity index (χ3v) is 3.56. The zero-order valence-corrected chi connectivity index (χ0v) is 10.7. The van der Waals surface area contributed by atoms with E-state index in [0.717, 1.165) is 25.7 Å². The molecule has 0 aliphatic heterocycles. The minimum atomic E-state index is -0.423. The molecule has 0 bridgehead atoms. The second-order valence-electron chi connectivity index (χ2n) is 4.69. The molecule has 1 aromatic rings.